The first-order chi connectivity index (χ1) is 16.2. The molecule has 0 bridgehead atoms. The quantitative estimate of drug-likeness (QED) is 0.298. The van der Waals surface area contributed by atoms with Gasteiger partial charge in [-0.2, -0.15) is 0 Å². The Morgan fingerprint density at radius 2 is 1.59 bits per heavy atom. The topological polar surface area (TPSA) is 137 Å². The minimum absolute atomic E-state index is 0.0345. The Morgan fingerprint density at radius 3 is 2.15 bits per heavy atom. The molecule has 0 aromatic heterocycles. The number of rotatable bonds is 8. The van der Waals surface area contributed by atoms with E-state index in [1.807, 2.05) is 74.5 Å². The third kappa shape index (κ3) is 6.35. The zero-order chi connectivity index (χ0) is 24.7. The Hall–Kier alpha value is -3.39. The highest BCUT2D eigenvalue weighted by Gasteiger charge is 2.36. The van der Waals surface area contributed by atoms with Crippen molar-refractivity contribution in [3.8, 4) is 0 Å². The lowest BCUT2D eigenvalue weighted by molar-refractivity contribution is -0.130. The van der Waals surface area contributed by atoms with Gasteiger partial charge in [0.1, 0.15) is 6.04 Å². The van der Waals surface area contributed by atoms with E-state index in [4.69, 9.17) is 16.9 Å². The molecule has 1 fully saturated rings. The van der Waals surface area contributed by atoms with Gasteiger partial charge in [0, 0.05) is 31.0 Å². The Kier molecular flexibility index (Phi) is 8.28. The van der Waals surface area contributed by atoms with Gasteiger partial charge in [-0.25, -0.2) is 0 Å². The molecule has 8 heteroatoms. The van der Waals surface area contributed by atoms with Crippen LogP contribution in [0.3, 0.4) is 0 Å². The summed E-state index contributed by atoms with van der Waals surface area (Å²) >= 11 is 0. The molecule has 8 nitrogen and oxygen atoms in total. The fraction of sp³-hybridized carbons (Fsp3) is 0.423. The van der Waals surface area contributed by atoms with E-state index in [-0.39, 0.29) is 23.8 Å². The van der Waals surface area contributed by atoms with Crippen LogP contribution in [0.1, 0.15) is 37.8 Å². The minimum atomic E-state index is -0.834. The number of nitrogens with two attached hydrogens (primary N) is 2. The fourth-order valence-corrected chi connectivity index (χ4v) is 4.26. The zero-order valence-corrected chi connectivity index (χ0v) is 20.0. The molecule has 1 heterocycles. The third-order valence-electron chi connectivity index (χ3n) is 6.68. The number of benzene rings is 2. The minimum Gasteiger partial charge on any atom is -0.370 e. The van der Waals surface area contributed by atoms with Crippen molar-refractivity contribution in [3.63, 3.8) is 0 Å². The highest BCUT2D eigenvalue weighted by Crippen LogP contribution is 2.26. The predicted molar refractivity (Wildman–Crippen MR) is 134 cm³/mol. The summed E-state index contributed by atoms with van der Waals surface area (Å²) in [5.41, 5.74) is 13.3. The molecular weight excluding hydrogens is 428 g/mol. The average Bonchev–Trinajstić information content (AvgIpc) is 2.84. The molecule has 0 unspecified atom stereocenters. The van der Waals surface area contributed by atoms with Gasteiger partial charge in [0.25, 0.3) is 0 Å². The van der Waals surface area contributed by atoms with Gasteiger partial charge in [-0.1, -0.05) is 74.5 Å². The summed E-state index contributed by atoms with van der Waals surface area (Å²) in [5, 5.41) is 13.6. The first kappa shape index (κ1) is 25.2. The molecule has 3 rings (SSSR count). The number of carbonyl (C=O) groups excluding carboxylic acids is 2. The monoisotopic (exact) mass is 464 g/mol. The second kappa shape index (κ2) is 11.2. The number of guanidine groups is 1. The fourth-order valence-electron chi connectivity index (χ4n) is 4.26. The molecular formula is C26H36N6O2. The van der Waals surface area contributed by atoms with E-state index < -0.39 is 17.5 Å². The largest absolute Gasteiger partial charge is 0.370 e. The molecule has 2 atom stereocenters. The normalized spacial score (nSPS) is 16.4. The molecule has 1 aliphatic heterocycles. The van der Waals surface area contributed by atoms with Crippen molar-refractivity contribution in [3.05, 3.63) is 71.8 Å². The standard InChI is InChI=1S/C26H36N6O2/c1-26(2,19-11-7-4-8-12-19)22(27)24(34)31-21(17-18-9-5-3-6-10-18)23(33)30-20-13-15-32(16-14-20)25(28)29/h3-12,20-22H,13-17,27H2,1-2H3,(H3,28,29)(H,30,33)(H,31,34)/t21-,22-/m0/s1. The average molecular weight is 465 g/mol. The molecule has 1 aliphatic rings. The van der Waals surface area contributed by atoms with Gasteiger partial charge in [0.15, 0.2) is 5.96 Å². The second-order valence-electron chi connectivity index (χ2n) is 9.47. The van der Waals surface area contributed by atoms with Crippen LogP contribution in [0.2, 0.25) is 0 Å². The molecule has 2 aromatic rings. The molecule has 2 aromatic carbocycles. The van der Waals surface area contributed by atoms with E-state index >= 15 is 0 Å². The summed E-state index contributed by atoms with van der Waals surface area (Å²) in [5.74, 6) is -0.548. The van der Waals surface area contributed by atoms with Gasteiger partial charge >= 0.3 is 0 Å². The molecule has 34 heavy (non-hydrogen) atoms. The van der Waals surface area contributed by atoms with Crippen LogP contribution in [-0.4, -0.2) is 53.9 Å². The zero-order valence-electron chi connectivity index (χ0n) is 20.0. The molecule has 0 saturated carbocycles. The van der Waals surface area contributed by atoms with Crippen molar-refractivity contribution in [2.75, 3.05) is 13.1 Å². The first-order valence-corrected chi connectivity index (χ1v) is 11.7. The first-order valence-electron chi connectivity index (χ1n) is 11.7. The van der Waals surface area contributed by atoms with Crippen molar-refractivity contribution < 1.29 is 9.59 Å². The van der Waals surface area contributed by atoms with Crippen LogP contribution >= 0.6 is 0 Å². The molecule has 2 amide bonds. The summed E-state index contributed by atoms with van der Waals surface area (Å²) in [6.45, 7) is 5.10. The van der Waals surface area contributed by atoms with E-state index in [0.717, 1.165) is 11.1 Å². The van der Waals surface area contributed by atoms with Crippen molar-refractivity contribution >= 4 is 17.8 Å². The smallest absolute Gasteiger partial charge is 0.243 e. The van der Waals surface area contributed by atoms with Crippen molar-refractivity contribution in [1.29, 1.82) is 5.41 Å². The van der Waals surface area contributed by atoms with Crippen LogP contribution in [0, 0.1) is 5.41 Å². The van der Waals surface area contributed by atoms with E-state index in [0.29, 0.717) is 32.4 Å². The Labute approximate surface area is 201 Å². The summed E-state index contributed by atoms with van der Waals surface area (Å²) in [7, 11) is 0. The van der Waals surface area contributed by atoms with Gasteiger partial charge in [0.05, 0.1) is 6.04 Å². The predicted octanol–water partition coefficient (Wildman–Crippen LogP) is 1.49. The summed E-state index contributed by atoms with van der Waals surface area (Å²) in [6, 6.07) is 17.7. The van der Waals surface area contributed by atoms with Crippen LogP contribution in [-0.2, 0) is 21.4 Å². The summed E-state index contributed by atoms with van der Waals surface area (Å²) in [6.07, 6.45) is 1.75. The van der Waals surface area contributed by atoms with Crippen LogP contribution in [0.5, 0.6) is 0 Å². The Morgan fingerprint density at radius 1 is 1.03 bits per heavy atom. The number of carbonyl (C=O) groups is 2. The molecule has 1 saturated heterocycles. The van der Waals surface area contributed by atoms with Crippen LogP contribution < -0.4 is 22.1 Å². The van der Waals surface area contributed by atoms with Gasteiger partial charge in [-0.05, 0) is 24.0 Å². The highest BCUT2D eigenvalue weighted by atomic mass is 16.2. The lowest BCUT2D eigenvalue weighted by atomic mass is 9.77. The number of hydrogen-bond acceptors (Lipinski definition) is 4. The van der Waals surface area contributed by atoms with Crippen molar-refractivity contribution in [1.82, 2.24) is 15.5 Å². The maximum Gasteiger partial charge on any atom is 0.243 e. The van der Waals surface area contributed by atoms with Crippen molar-refractivity contribution in [2.24, 2.45) is 11.5 Å². The molecule has 0 spiro atoms. The molecule has 0 aliphatic carbocycles. The maximum atomic E-state index is 13.3. The van der Waals surface area contributed by atoms with Gasteiger partial charge in [0.2, 0.25) is 11.8 Å². The number of hydrogen-bond donors (Lipinski definition) is 5. The SMILES string of the molecule is CC(C)(c1ccccc1)[C@@H](N)C(=O)N[C@@H](Cc1ccccc1)C(=O)NC1CCN(C(=N)N)CC1. The van der Waals surface area contributed by atoms with Crippen LogP contribution in [0.15, 0.2) is 60.7 Å². The van der Waals surface area contributed by atoms with Gasteiger partial charge < -0.3 is 27.0 Å². The van der Waals surface area contributed by atoms with Crippen LogP contribution in [0.25, 0.3) is 0 Å². The van der Waals surface area contributed by atoms with Gasteiger partial charge in [-0.3, -0.25) is 15.0 Å². The molecule has 7 N–H and O–H groups in total. The van der Waals surface area contributed by atoms with E-state index in [1.54, 1.807) is 4.90 Å². The summed E-state index contributed by atoms with van der Waals surface area (Å²) in [4.78, 5) is 28.3. The number of piperidine rings is 1. The second-order valence-corrected chi connectivity index (χ2v) is 9.47. The number of likely N-dealkylation sites (tertiary alicyclic amines) is 1. The number of amides is 2. The Balaban J connectivity index is 1.70. The maximum absolute atomic E-state index is 13.3. The third-order valence-corrected chi connectivity index (χ3v) is 6.68. The summed E-state index contributed by atoms with van der Waals surface area (Å²) < 4.78 is 0. The highest BCUT2D eigenvalue weighted by molar-refractivity contribution is 5.91. The van der Waals surface area contributed by atoms with E-state index in [2.05, 4.69) is 10.6 Å². The molecule has 0 radical (unpaired) electrons. The van der Waals surface area contributed by atoms with Crippen molar-refractivity contribution in [2.45, 2.75) is 56.7 Å². The lowest BCUT2D eigenvalue weighted by Gasteiger charge is -2.34. The van der Waals surface area contributed by atoms with E-state index in [1.165, 1.54) is 0 Å². The van der Waals surface area contributed by atoms with E-state index in [9.17, 15) is 9.59 Å². The number of nitrogens with one attached hydrogen (secondary N) is 3. The molecule has 182 valence electrons. The number of nitrogens with zero attached hydrogens (tertiary/aromatic N) is 1. The Bertz CT molecular complexity index is 971. The lowest BCUT2D eigenvalue weighted by Crippen LogP contribution is -2.58. The van der Waals surface area contributed by atoms with Gasteiger partial charge in [-0.15, -0.1) is 0 Å². The van der Waals surface area contributed by atoms with Crippen LogP contribution in [0.4, 0.5) is 0 Å².